The van der Waals surface area contributed by atoms with E-state index >= 15 is 0 Å². The number of halogens is 1. The molecule has 1 fully saturated rings. The molecule has 0 spiro atoms. The van der Waals surface area contributed by atoms with Gasteiger partial charge >= 0.3 is 0 Å². The molecule has 1 atom stereocenters. The molecule has 1 aliphatic rings. The topological polar surface area (TPSA) is 42.0 Å². The molecule has 2 heterocycles. The van der Waals surface area contributed by atoms with Crippen molar-refractivity contribution < 1.29 is 4.79 Å². The summed E-state index contributed by atoms with van der Waals surface area (Å²) in [7, 11) is 0. The lowest BCUT2D eigenvalue weighted by molar-refractivity contribution is -0.127. The van der Waals surface area contributed by atoms with Gasteiger partial charge in [-0.05, 0) is 11.6 Å². The largest absolute Gasteiger partial charge is 0.349 e. The standard InChI is InChI=1S/C10H10N2O.ClH/c13-10-6-9(12-10)4-3-8-2-1-5-11-7-8;/h1-5,7,9H,6H2,(H,12,13);1H. The van der Waals surface area contributed by atoms with Gasteiger partial charge in [0.1, 0.15) is 0 Å². The van der Waals surface area contributed by atoms with E-state index in [0.717, 1.165) is 5.56 Å². The first-order valence-corrected chi connectivity index (χ1v) is 4.22. The lowest BCUT2D eigenvalue weighted by atomic mass is 10.1. The van der Waals surface area contributed by atoms with Crippen LogP contribution in [-0.2, 0) is 4.79 Å². The summed E-state index contributed by atoms with van der Waals surface area (Å²) < 4.78 is 0. The monoisotopic (exact) mass is 210 g/mol. The Labute approximate surface area is 88.6 Å². The van der Waals surface area contributed by atoms with Crippen molar-refractivity contribution in [3.63, 3.8) is 0 Å². The van der Waals surface area contributed by atoms with Crippen LogP contribution in [0.25, 0.3) is 6.08 Å². The number of carbonyl (C=O) groups excluding carboxylic acids is 1. The first kappa shape index (κ1) is 10.7. The molecule has 4 heteroatoms. The van der Waals surface area contributed by atoms with E-state index in [2.05, 4.69) is 10.3 Å². The fourth-order valence-electron chi connectivity index (χ4n) is 1.20. The Balaban J connectivity index is 0.000000980. The van der Waals surface area contributed by atoms with Gasteiger partial charge in [0, 0.05) is 12.4 Å². The Morgan fingerprint density at radius 1 is 1.57 bits per heavy atom. The summed E-state index contributed by atoms with van der Waals surface area (Å²) in [6, 6.07) is 4.08. The van der Waals surface area contributed by atoms with Crippen LogP contribution in [0.1, 0.15) is 12.0 Å². The molecule has 0 bridgehead atoms. The van der Waals surface area contributed by atoms with Crippen LogP contribution in [0.4, 0.5) is 0 Å². The number of carbonyl (C=O) groups is 1. The zero-order valence-corrected chi connectivity index (χ0v) is 8.33. The Morgan fingerprint density at radius 2 is 2.36 bits per heavy atom. The minimum atomic E-state index is 0. The van der Waals surface area contributed by atoms with Crippen molar-refractivity contribution in [1.29, 1.82) is 0 Å². The van der Waals surface area contributed by atoms with Gasteiger partial charge < -0.3 is 5.32 Å². The number of aromatic nitrogens is 1. The Morgan fingerprint density at radius 3 is 2.93 bits per heavy atom. The molecule has 1 amide bonds. The van der Waals surface area contributed by atoms with Crippen molar-refractivity contribution in [2.45, 2.75) is 12.5 Å². The second-order valence-electron chi connectivity index (χ2n) is 3.02. The summed E-state index contributed by atoms with van der Waals surface area (Å²) in [5.41, 5.74) is 1.06. The summed E-state index contributed by atoms with van der Waals surface area (Å²) in [4.78, 5) is 14.5. The Kier molecular flexibility index (Phi) is 3.65. The van der Waals surface area contributed by atoms with Crippen molar-refractivity contribution in [2.75, 3.05) is 0 Å². The Hall–Kier alpha value is -1.35. The zero-order valence-electron chi connectivity index (χ0n) is 7.51. The molecule has 2 rings (SSSR count). The first-order chi connectivity index (χ1) is 6.34. The molecule has 0 radical (unpaired) electrons. The highest BCUT2D eigenvalue weighted by atomic mass is 35.5. The SMILES string of the molecule is Cl.O=C1CC(C=Cc2cccnc2)N1. The fraction of sp³-hybridized carbons (Fsp3) is 0.200. The summed E-state index contributed by atoms with van der Waals surface area (Å²) in [6.07, 6.45) is 8.09. The first-order valence-electron chi connectivity index (χ1n) is 4.22. The van der Waals surface area contributed by atoms with Crippen LogP contribution < -0.4 is 5.32 Å². The Bertz CT molecular complexity index is 329. The van der Waals surface area contributed by atoms with Crippen LogP contribution >= 0.6 is 12.4 Å². The molecule has 1 aromatic rings. The molecular formula is C10H11ClN2O. The molecule has 0 saturated carbocycles. The second-order valence-corrected chi connectivity index (χ2v) is 3.02. The molecular weight excluding hydrogens is 200 g/mol. The van der Waals surface area contributed by atoms with Crippen molar-refractivity contribution in [3.05, 3.63) is 36.2 Å². The normalized spacial score (nSPS) is 19.7. The molecule has 0 aromatic carbocycles. The average Bonchev–Trinajstić information content (AvgIpc) is 2.12. The summed E-state index contributed by atoms with van der Waals surface area (Å²) in [5, 5.41) is 2.77. The van der Waals surface area contributed by atoms with Crippen LogP contribution in [0.2, 0.25) is 0 Å². The van der Waals surface area contributed by atoms with Gasteiger partial charge in [0.15, 0.2) is 0 Å². The van der Waals surface area contributed by atoms with E-state index in [0.29, 0.717) is 6.42 Å². The van der Waals surface area contributed by atoms with E-state index in [-0.39, 0.29) is 24.4 Å². The minimum Gasteiger partial charge on any atom is -0.349 e. The van der Waals surface area contributed by atoms with E-state index in [1.54, 1.807) is 12.4 Å². The minimum absolute atomic E-state index is 0. The maximum Gasteiger partial charge on any atom is 0.222 e. The predicted molar refractivity (Wildman–Crippen MR) is 57.1 cm³/mol. The predicted octanol–water partition coefficient (Wildman–Crippen LogP) is 1.41. The molecule has 14 heavy (non-hydrogen) atoms. The molecule has 1 saturated heterocycles. The van der Waals surface area contributed by atoms with Crippen LogP contribution in [0, 0.1) is 0 Å². The van der Waals surface area contributed by atoms with E-state index in [1.807, 2.05) is 24.3 Å². The summed E-state index contributed by atoms with van der Waals surface area (Å²) in [6.45, 7) is 0. The van der Waals surface area contributed by atoms with Crippen LogP contribution in [0.5, 0.6) is 0 Å². The molecule has 74 valence electrons. The maximum atomic E-state index is 10.6. The van der Waals surface area contributed by atoms with Crippen LogP contribution in [0.15, 0.2) is 30.6 Å². The van der Waals surface area contributed by atoms with Gasteiger partial charge in [0.05, 0.1) is 12.5 Å². The number of β-lactam (4-membered cyclic amide) rings is 1. The van der Waals surface area contributed by atoms with Gasteiger partial charge in [-0.3, -0.25) is 9.78 Å². The maximum absolute atomic E-state index is 10.6. The smallest absolute Gasteiger partial charge is 0.222 e. The number of hydrogen-bond acceptors (Lipinski definition) is 2. The van der Waals surface area contributed by atoms with Crippen molar-refractivity contribution in [2.24, 2.45) is 0 Å². The lowest BCUT2D eigenvalue weighted by Gasteiger charge is -2.23. The van der Waals surface area contributed by atoms with Gasteiger partial charge in [-0.1, -0.05) is 18.2 Å². The van der Waals surface area contributed by atoms with Gasteiger partial charge in [0.25, 0.3) is 0 Å². The lowest BCUT2D eigenvalue weighted by Crippen LogP contribution is -2.46. The third-order valence-corrected chi connectivity index (χ3v) is 1.96. The van der Waals surface area contributed by atoms with E-state index in [4.69, 9.17) is 0 Å². The number of amides is 1. The molecule has 1 unspecified atom stereocenters. The van der Waals surface area contributed by atoms with Gasteiger partial charge in [-0.15, -0.1) is 12.4 Å². The molecule has 1 aliphatic heterocycles. The van der Waals surface area contributed by atoms with Crippen LogP contribution in [-0.4, -0.2) is 16.9 Å². The number of rotatable bonds is 2. The average molecular weight is 211 g/mol. The molecule has 1 N–H and O–H groups in total. The van der Waals surface area contributed by atoms with Gasteiger partial charge in [-0.2, -0.15) is 0 Å². The van der Waals surface area contributed by atoms with Gasteiger partial charge in [0.2, 0.25) is 5.91 Å². The number of nitrogens with zero attached hydrogens (tertiary/aromatic N) is 1. The zero-order chi connectivity index (χ0) is 9.10. The van der Waals surface area contributed by atoms with Crippen molar-refractivity contribution in [1.82, 2.24) is 10.3 Å². The van der Waals surface area contributed by atoms with Gasteiger partial charge in [-0.25, -0.2) is 0 Å². The highest BCUT2D eigenvalue weighted by molar-refractivity contribution is 5.85. The summed E-state index contributed by atoms with van der Waals surface area (Å²) >= 11 is 0. The summed E-state index contributed by atoms with van der Waals surface area (Å²) in [5.74, 6) is 0.126. The second kappa shape index (κ2) is 4.77. The van der Waals surface area contributed by atoms with E-state index < -0.39 is 0 Å². The highest BCUT2D eigenvalue weighted by Crippen LogP contribution is 2.08. The third kappa shape index (κ3) is 2.57. The third-order valence-electron chi connectivity index (χ3n) is 1.96. The molecule has 0 aliphatic carbocycles. The van der Waals surface area contributed by atoms with Crippen molar-refractivity contribution >= 4 is 24.4 Å². The quantitative estimate of drug-likeness (QED) is 0.750. The number of hydrogen-bond donors (Lipinski definition) is 1. The molecule has 3 nitrogen and oxygen atoms in total. The van der Waals surface area contributed by atoms with Crippen molar-refractivity contribution in [3.8, 4) is 0 Å². The number of pyridine rings is 1. The highest BCUT2D eigenvalue weighted by Gasteiger charge is 2.21. The van der Waals surface area contributed by atoms with E-state index in [1.165, 1.54) is 0 Å². The van der Waals surface area contributed by atoms with Crippen LogP contribution in [0.3, 0.4) is 0 Å². The fourth-order valence-corrected chi connectivity index (χ4v) is 1.20. The number of nitrogens with one attached hydrogen (secondary N) is 1. The molecule has 1 aromatic heterocycles. The van der Waals surface area contributed by atoms with E-state index in [9.17, 15) is 4.79 Å².